The van der Waals surface area contributed by atoms with Crippen molar-refractivity contribution in [2.75, 3.05) is 0 Å². The molecule has 54 heavy (non-hydrogen) atoms. The van der Waals surface area contributed by atoms with E-state index in [0.717, 1.165) is 44.8 Å². The highest BCUT2D eigenvalue weighted by Crippen LogP contribution is 2.43. The summed E-state index contributed by atoms with van der Waals surface area (Å²) in [5.74, 6) is 0.698. The van der Waals surface area contributed by atoms with Crippen molar-refractivity contribution in [2.24, 2.45) is 0 Å². The minimum absolute atomic E-state index is 0.698. The van der Waals surface area contributed by atoms with Gasteiger partial charge in [0.05, 0.1) is 11.4 Å². The van der Waals surface area contributed by atoms with Crippen molar-refractivity contribution < 1.29 is 0 Å². The van der Waals surface area contributed by atoms with Gasteiger partial charge in [0.15, 0.2) is 5.82 Å². The van der Waals surface area contributed by atoms with E-state index in [0.29, 0.717) is 5.82 Å². The zero-order valence-corrected chi connectivity index (χ0v) is 29.5. The van der Waals surface area contributed by atoms with Crippen LogP contribution in [0.5, 0.6) is 0 Å². The molecule has 0 aliphatic heterocycles. The molecule has 10 rings (SSSR count). The Balaban J connectivity index is 1.16. The summed E-state index contributed by atoms with van der Waals surface area (Å²) in [5, 5.41) is 7.40. The average molecular weight is 687 g/mol. The summed E-state index contributed by atoms with van der Waals surface area (Å²) in [6.45, 7) is 0. The average Bonchev–Trinajstić information content (AvgIpc) is 3.26. The molecular formula is C52H34N2. The second kappa shape index (κ2) is 13.4. The molecule has 0 unspecified atom stereocenters. The van der Waals surface area contributed by atoms with Gasteiger partial charge in [0.25, 0.3) is 0 Å². The van der Waals surface area contributed by atoms with E-state index >= 15 is 0 Å². The summed E-state index contributed by atoms with van der Waals surface area (Å²) < 4.78 is 0. The van der Waals surface area contributed by atoms with Gasteiger partial charge in [-0.05, 0) is 83.9 Å². The molecule has 1 aromatic heterocycles. The quantitative estimate of drug-likeness (QED) is 0.129. The van der Waals surface area contributed by atoms with Gasteiger partial charge in [0, 0.05) is 16.7 Å². The zero-order chi connectivity index (χ0) is 35.8. The van der Waals surface area contributed by atoms with Crippen LogP contribution in [-0.4, -0.2) is 9.97 Å². The van der Waals surface area contributed by atoms with Gasteiger partial charge in [0.1, 0.15) is 0 Å². The van der Waals surface area contributed by atoms with Crippen LogP contribution in [0.15, 0.2) is 206 Å². The Bertz CT molecular complexity index is 2970. The molecule has 0 saturated heterocycles. The van der Waals surface area contributed by atoms with Crippen molar-refractivity contribution in [1.82, 2.24) is 9.97 Å². The lowest BCUT2D eigenvalue weighted by atomic mass is 9.87. The Hall–Kier alpha value is -7.16. The van der Waals surface area contributed by atoms with Crippen molar-refractivity contribution in [2.45, 2.75) is 0 Å². The number of hydrogen-bond acceptors (Lipinski definition) is 2. The van der Waals surface area contributed by atoms with Crippen LogP contribution in [0.3, 0.4) is 0 Å². The van der Waals surface area contributed by atoms with Crippen molar-refractivity contribution in [1.29, 1.82) is 0 Å². The van der Waals surface area contributed by atoms with E-state index < -0.39 is 0 Å². The highest BCUT2D eigenvalue weighted by Gasteiger charge is 2.18. The summed E-state index contributed by atoms with van der Waals surface area (Å²) in [6.07, 6.45) is 0. The largest absolute Gasteiger partial charge is 0.228 e. The summed E-state index contributed by atoms with van der Waals surface area (Å²) in [4.78, 5) is 10.5. The molecule has 0 N–H and O–H groups in total. The summed E-state index contributed by atoms with van der Waals surface area (Å²) >= 11 is 0. The standard InChI is InChI=1S/C52H34N2/c1-3-14-35(15-4-1)36-26-28-37(29-27-36)40-20-13-21-42(32-40)49-34-50(54-52(53-49)39-17-5-2-6-18-39)45-24-11-12-25-46(45)51-44-23-10-8-19-41(44)33-48-43-22-9-7-16-38(43)30-31-47(48)51/h1-34H. The lowest BCUT2D eigenvalue weighted by Gasteiger charge is -2.17. The van der Waals surface area contributed by atoms with Crippen LogP contribution in [0.4, 0.5) is 0 Å². The third-order valence-electron chi connectivity index (χ3n) is 10.5. The second-order valence-corrected chi connectivity index (χ2v) is 13.8. The molecule has 0 spiro atoms. The van der Waals surface area contributed by atoms with Gasteiger partial charge in [-0.3, -0.25) is 0 Å². The van der Waals surface area contributed by atoms with Gasteiger partial charge in [-0.15, -0.1) is 0 Å². The fourth-order valence-electron chi connectivity index (χ4n) is 7.83. The first-order valence-electron chi connectivity index (χ1n) is 18.4. The minimum Gasteiger partial charge on any atom is -0.228 e. The van der Waals surface area contributed by atoms with Gasteiger partial charge >= 0.3 is 0 Å². The van der Waals surface area contributed by atoms with Crippen LogP contribution in [0.25, 0.3) is 99.6 Å². The maximum atomic E-state index is 5.30. The van der Waals surface area contributed by atoms with Crippen LogP contribution in [0, 0.1) is 0 Å². The zero-order valence-electron chi connectivity index (χ0n) is 29.5. The molecule has 0 fully saturated rings. The van der Waals surface area contributed by atoms with E-state index in [1.54, 1.807) is 0 Å². The van der Waals surface area contributed by atoms with Crippen molar-refractivity contribution in [3.63, 3.8) is 0 Å². The monoisotopic (exact) mass is 686 g/mol. The lowest BCUT2D eigenvalue weighted by Crippen LogP contribution is -1.97. The normalized spacial score (nSPS) is 11.3. The molecule has 0 atom stereocenters. The van der Waals surface area contributed by atoms with E-state index in [4.69, 9.17) is 9.97 Å². The summed E-state index contributed by atoms with van der Waals surface area (Å²) in [6, 6.07) is 73.5. The van der Waals surface area contributed by atoms with Crippen molar-refractivity contribution in [3.8, 4) is 67.3 Å². The molecule has 0 radical (unpaired) electrons. The Morgan fingerprint density at radius 2 is 0.815 bits per heavy atom. The van der Waals surface area contributed by atoms with E-state index in [1.807, 2.05) is 18.2 Å². The summed E-state index contributed by atoms with van der Waals surface area (Å²) in [7, 11) is 0. The molecule has 0 aliphatic carbocycles. The highest BCUT2D eigenvalue weighted by atomic mass is 14.9. The van der Waals surface area contributed by atoms with Gasteiger partial charge in [-0.1, -0.05) is 188 Å². The topological polar surface area (TPSA) is 25.8 Å². The fraction of sp³-hybridized carbons (Fsp3) is 0. The van der Waals surface area contributed by atoms with E-state index in [2.05, 4.69) is 188 Å². The van der Waals surface area contributed by atoms with Crippen LogP contribution in [0.2, 0.25) is 0 Å². The van der Waals surface area contributed by atoms with E-state index in [9.17, 15) is 0 Å². The molecule has 1 heterocycles. The number of hydrogen-bond donors (Lipinski definition) is 0. The maximum Gasteiger partial charge on any atom is 0.160 e. The molecule has 9 aromatic carbocycles. The Morgan fingerprint density at radius 1 is 0.259 bits per heavy atom. The Kier molecular flexibility index (Phi) is 7.85. The molecule has 0 saturated carbocycles. The van der Waals surface area contributed by atoms with Crippen molar-refractivity contribution >= 4 is 32.3 Å². The number of benzene rings is 9. The molecule has 0 aliphatic rings. The predicted molar refractivity (Wildman–Crippen MR) is 227 cm³/mol. The Labute approximate surface area is 314 Å². The molecule has 0 amide bonds. The maximum absolute atomic E-state index is 5.30. The fourth-order valence-corrected chi connectivity index (χ4v) is 7.83. The van der Waals surface area contributed by atoms with Crippen LogP contribution >= 0.6 is 0 Å². The highest BCUT2D eigenvalue weighted by molar-refractivity contribution is 6.21. The predicted octanol–water partition coefficient (Wildman–Crippen LogP) is 13.9. The molecule has 0 bridgehead atoms. The van der Waals surface area contributed by atoms with Crippen LogP contribution < -0.4 is 0 Å². The lowest BCUT2D eigenvalue weighted by molar-refractivity contribution is 1.18. The number of aromatic nitrogens is 2. The van der Waals surface area contributed by atoms with E-state index in [-0.39, 0.29) is 0 Å². The first kappa shape index (κ1) is 31.6. The SMILES string of the molecule is c1ccc(-c2ccc(-c3cccc(-c4cc(-c5ccccc5-c5c6ccccc6cc6c5ccc5ccccc56)nc(-c5ccccc5)n4)c3)cc2)cc1. The van der Waals surface area contributed by atoms with Gasteiger partial charge in [-0.2, -0.15) is 0 Å². The number of nitrogens with zero attached hydrogens (tertiary/aromatic N) is 2. The van der Waals surface area contributed by atoms with Gasteiger partial charge in [-0.25, -0.2) is 9.97 Å². The number of fused-ring (bicyclic) bond motifs is 4. The van der Waals surface area contributed by atoms with Crippen molar-refractivity contribution in [3.05, 3.63) is 206 Å². The summed E-state index contributed by atoms with van der Waals surface area (Å²) in [5.41, 5.74) is 11.9. The molecule has 2 heteroatoms. The smallest absolute Gasteiger partial charge is 0.160 e. The molecule has 10 aromatic rings. The second-order valence-electron chi connectivity index (χ2n) is 13.8. The third-order valence-corrected chi connectivity index (χ3v) is 10.5. The number of rotatable bonds is 6. The van der Waals surface area contributed by atoms with Gasteiger partial charge in [0.2, 0.25) is 0 Å². The molecule has 2 nitrogen and oxygen atoms in total. The molecular weight excluding hydrogens is 653 g/mol. The third kappa shape index (κ3) is 5.71. The van der Waals surface area contributed by atoms with Crippen LogP contribution in [-0.2, 0) is 0 Å². The van der Waals surface area contributed by atoms with Crippen LogP contribution in [0.1, 0.15) is 0 Å². The first-order chi connectivity index (χ1) is 26.8. The van der Waals surface area contributed by atoms with E-state index in [1.165, 1.54) is 49.0 Å². The molecule has 252 valence electrons. The van der Waals surface area contributed by atoms with Gasteiger partial charge < -0.3 is 0 Å². The minimum atomic E-state index is 0.698. The Morgan fingerprint density at radius 3 is 1.59 bits per heavy atom. The first-order valence-corrected chi connectivity index (χ1v) is 18.4.